The Kier molecular flexibility index (Phi) is 2.79. The van der Waals surface area contributed by atoms with E-state index in [2.05, 4.69) is 10.3 Å². The minimum atomic E-state index is -2.78. The van der Waals surface area contributed by atoms with Gasteiger partial charge in [-0.05, 0) is 6.42 Å². The summed E-state index contributed by atoms with van der Waals surface area (Å²) in [5, 5.41) is 3.24. The summed E-state index contributed by atoms with van der Waals surface area (Å²) in [6, 6.07) is 0.102. The summed E-state index contributed by atoms with van der Waals surface area (Å²) in [6.07, 6.45) is 4.25. The first-order chi connectivity index (χ1) is 7.07. The summed E-state index contributed by atoms with van der Waals surface area (Å²) in [6.45, 7) is 0.677. The molecule has 15 heavy (non-hydrogen) atoms. The van der Waals surface area contributed by atoms with Crippen molar-refractivity contribution in [3.8, 4) is 0 Å². The monoisotopic (exact) mass is 229 g/mol. The zero-order valence-corrected chi connectivity index (χ0v) is 9.50. The van der Waals surface area contributed by atoms with E-state index in [1.165, 1.54) is 0 Å². The number of aromatic nitrogens is 2. The normalized spacial score (nSPS) is 24.5. The van der Waals surface area contributed by atoms with Gasteiger partial charge in [-0.15, -0.1) is 0 Å². The van der Waals surface area contributed by atoms with E-state index in [-0.39, 0.29) is 11.8 Å². The van der Waals surface area contributed by atoms with Crippen molar-refractivity contribution in [3.05, 3.63) is 18.2 Å². The number of nitrogens with zero attached hydrogens (tertiary/aromatic N) is 2. The Balaban J connectivity index is 1.88. The topological polar surface area (TPSA) is 64.0 Å². The van der Waals surface area contributed by atoms with Gasteiger partial charge in [0.15, 0.2) is 9.84 Å². The van der Waals surface area contributed by atoms with Crippen LogP contribution in [0.2, 0.25) is 0 Å². The number of hydrogen-bond donors (Lipinski definition) is 1. The highest BCUT2D eigenvalue weighted by molar-refractivity contribution is 7.91. The van der Waals surface area contributed by atoms with Crippen molar-refractivity contribution in [2.24, 2.45) is 7.05 Å². The Bertz CT molecular complexity index is 438. The van der Waals surface area contributed by atoms with Gasteiger partial charge in [-0.3, -0.25) is 0 Å². The summed E-state index contributed by atoms with van der Waals surface area (Å²) in [5.74, 6) is 0.584. The molecule has 0 bridgehead atoms. The lowest BCUT2D eigenvalue weighted by molar-refractivity contribution is 0.541. The Morgan fingerprint density at radius 1 is 1.67 bits per heavy atom. The van der Waals surface area contributed by atoms with Crippen molar-refractivity contribution in [1.82, 2.24) is 14.9 Å². The van der Waals surface area contributed by atoms with Crippen LogP contribution in [0, 0.1) is 0 Å². The molecule has 1 unspecified atom stereocenters. The third-order valence-corrected chi connectivity index (χ3v) is 4.49. The number of nitrogens with one attached hydrogen (secondary N) is 1. The first-order valence-corrected chi connectivity index (χ1v) is 6.78. The first-order valence-electron chi connectivity index (χ1n) is 4.96. The fourth-order valence-electron chi connectivity index (χ4n) is 1.76. The molecule has 1 aromatic rings. The minimum absolute atomic E-state index is 0.102. The van der Waals surface area contributed by atoms with Crippen molar-refractivity contribution in [2.75, 3.05) is 11.5 Å². The van der Waals surface area contributed by atoms with Crippen LogP contribution in [0.5, 0.6) is 0 Å². The van der Waals surface area contributed by atoms with Gasteiger partial charge in [0.05, 0.1) is 23.5 Å². The van der Waals surface area contributed by atoms with E-state index in [0.717, 1.165) is 12.1 Å². The number of imidazole rings is 1. The van der Waals surface area contributed by atoms with Crippen LogP contribution in [-0.2, 0) is 23.4 Å². The molecule has 1 aromatic heterocycles. The van der Waals surface area contributed by atoms with Crippen LogP contribution < -0.4 is 5.32 Å². The van der Waals surface area contributed by atoms with Crippen LogP contribution >= 0.6 is 0 Å². The third kappa shape index (κ3) is 2.57. The van der Waals surface area contributed by atoms with Crippen LogP contribution in [0.25, 0.3) is 0 Å². The molecule has 84 valence electrons. The van der Waals surface area contributed by atoms with Crippen molar-refractivity contribution in [1.29, 1.82) is 0 Å². The highest BCUT2D eigenvalue weighted by atomic mass is 32.2. The molecule has 0 radical (unpaired) electrons. The highest BCUT2D eigenvalue weighted by Gasteiger charge is 2.27. The van der Waals surface area contributed by atoms with Crippen LogP contribution in [0.3, 0.4) is 0 Å². The Labute approximate surface area is 89.4 Å². The molecule has 0 spiro atoms. The molecule has 1 aliphatic heterocycles. The second kappa shape index (κ2) is 3.94. The number of hydrogen-bond acceptors (Lipinski definition) is 4. The molecule has 1 N–H and O–H groups in total. The number of sulfone groups is 1. The molecule has 1 fully saturated rings. The molecule has 2 rings (SSSR count). The maximum atomic E-state index is 11.2. The van der Waals surface area contributed by atoms with Gasteiger partial charge in [-0.2, -0.15) is 0 Å². The Morgan fingerprint density at radius 2 is 2.47 bits per heavy atom. The zero-order valence-electron chi connectivity index (χ0n) is 8.68. The second-order valence-electron chi connectivity index (χ2n) is 3.98. The Morgan fingerprint density at radius 3 is 3.00 bits per heavy atom. The van der Waals surface area contributed by atoms with Crippen LogP contribution in [0.1, 0.15) is 12.1 Å². The van der Waals surface area contributed by atoms with Crippen molar-refractivity contribution >= 4 is 9.84 Å². The van der Waals surface area contributed by atoms with Gasteiger partial charge >= 0.3 is 0 Å². The fourth-order valence-corrected chi connectivity index (χ4v) is 3.47. The smallest absolute Gasteiger partial charge is 0.151 e. The van der Waals surface area contributed by atoms with E-state index in [0.29, 0.717) is 12.3 Å². The standard InChI is InChI=1S/C9H15N3O2S/c1-12-7-10-4-9(12)5-11-8-2-3-15(13,14)6-8/h4,7-8,11H,2-3,5-6H2,1H3. The molecule has 0 aliphatic carbocycles. The van der Waals surface area contributed by atoms with Gasteiger partial charge in [-0.25, -0.2) is 13.4 Å². The Hall–Kier alpha value is -0.880. The lowest BCUT2D eigenvalue weighted by atomic mass is 10.2. The van der Waals surface area contributed by atoms with Gasteiger partial charge in [0.25, 0.3) is 0 Å². The molecule has 5 nitrogen and oxygen atoms in total. The minimum Gasteiger partial charge on any atom is -0.337 e. The summed E-state index contributed by atoms with van der Waals surface area (Å²) < 4.78 is 24.4. The van der Waals surface area contributed by atoms with Crippen molar-refractivity contribution in [2.45, 2.75) is 19.0 Å². The molecular weight excluding hydrogens is 214 g/mol. The van der Waals surface area contributed by atoms with Gasteiger partial charge < -0.3 is 9.88 Å². The van der Waals surface area contributed by atoms with Gasteiger partial charge in [0.2, 0.25) is 0 Å². The maximum absolute atomic E-state index is 11.2. The van der Waals surface area contributed by atoms with E-state index in [1.54, 1.807) is 12.5 Å². The highest BCUT2D eigenvalue weighted by Crippen LogP contribution is 2.11. The molecule has 2 heterocycles. The molecule has 0 amide bonds. The number of aryl methyl sites for hydroxylation is 1. The van der Waals surface area contributed by atoms with Gasteiger partial charge in [0.1, 0.15) is 0 Å². The quantitative estimate of drug-likeness (QED) is 0.772. The molecule has 1 atom stereocenters. The molecule has 0 saturated carbocycles. The van der Waals surface area contributed by atoms with Crippen LogP contribution in [0.4, 0.5) is 0 Å². The molecule has 1 aliphatic rings. The van der Waals surface area contributed by atoms with E-state index in [9.17, 15) is 8.42 Å². The predicted octanol–water partition coefficient (Wildman–Crippen LogP) is -0.303. The fraction of sp³-hybridized carbons (Fsp3) is 0.667. The van der Waals surface area contributed by atoms with Gasteiger partial charge in [-0.1, -0.05) is 0 Å². The van der Waals surface area contributed by atoms with Crippen LogP contribution in [-0.4, -0.2) is 35.5 Å². The second-order valence-corrected chi connectivity index (χ2v) is 6.21. The number of rotatable bonds is 3. The lowest BCUT2D eigenvalue weighted by Crippen LogP contribution is -2.30. The lowest BCUT2D eigenvalue weighted by Gasteiger charge is -2.10. The van der Waals surface area contributed by atoms with Crippen molar-refractivity contribution < 1.29 is 8.42 Å². The van der Waals surface area contributed by atoms with Gasteiger partial charge in [0, 0.05) is 25.8 Å². The average molecular weight is 229 g/mol. The van der Waals surface area contributed by atoms with E-state index < -0.39 is 9.84 Å². The van der Waals surface area contributed by atoms with E-state index in [4.69, 9.17) is 0 Å². The zero-order chi connectivity index (χ0) is 10.9. The SMILES string of the molecule is Cn1cncc1CNC1CCS(=O)(=O)C1. The maximum Gasteiger partial charge on any atom is 0.151 e. The van der Waals surface area contributed by atoms with E-state index in [1.807, 2.05) is 11.6 Å². The summed E-state index contributed by atoms with van der Waals surface area (Å²) in [7, 11) is -0.856. The summed E-state index contributed by atoms with van der Waals surface area (Å²) >= 11 is 0. The average Bonchev–Trinajstić information content (AvgIpc) is 2.69. The largest absolute Gasteiger partial charge is 0.337 e. The summed E-state index contributed by atoms with van der Waals surface area (Å²) in [5.41, 5.74) is 1.07. The first kappa shape index (κ1) is 10.6. The third-order valence-electron chi connectivity index (χ3n) is 2.72. The predicted molar refractivity (Wildman–Crippen MR) is 57.1 cm³/mol. The molecule has 0 aromatic carbocycles. The van der Waals surface area contributed by atoms with Crippen molar-refractivity contribution in [3.63, 3.8) is 0 Å². The molecule has 6 heteroatoms. The van der Waals surface area contributed by atoms with E-state index >= 15 is 0 Å². The van der Waals surface area contributed by atoms with Crippen LogP contribution in [0.15, 0.2) is 12.5 Å². The molecular formula is C9H15N3O2S. The molecule has 1 saturated heterocycles. The summed E-state index contributed by atoms with van der Waals surface area (Å²) in [4.78, 5) is 4.00.